The highest BCUT2D eigenvalue weighted by Gasteiger charge is 2.33. The van der Waals surface area contributed by atoms with Crippen LogP contribution in [0, 0.1) is 0 Å². The highest BCUT2D eigenvalue weighted by atomic mass is 32.1. The lowest BCUT2D eigenvalue weighted by Gasteiger charge is -2.34. The van der Waals surface area contributed by atoms with E-state index in [0.717, 1.165) is 48.3 Å². The molecular weight excluding hydrogens is 574 g/mol. The lowest BCUT2D eigenvalue weighted by molar-refractivity contribution is -0.131. The number of allylic oxidation sites excluding steroid dienone is 1. The van der Waals surface area contributed by atoms with Gasteiger partial charge >= 0.3 is 5.97 Å². The molecule has 5 rings (SSSR count). The lowest BCUT2D eigenvalue weighted by atomic mass is 9.71. The summed E-state index contributed by atoms with van der Waals surface area (Å²) in [7, 11) is 0. The molecule has 0 aliphatic heterocycles. The molecule has 5 aromatic rings. The molecule has 44 heavy (non-hydrogen) atoms. The van der Waals surface area contributed by atoms with E-state index in [-0.39, 0.29) is 0 Å². The van der Waals surface area contributed by atoms with Crippen molar-refractivity contribution in [3.05, 3.63) is 130 Å². The number of carboxylic acid groups (broad SMARTS) is 1. The number of aliphatic carboxylic acids is 1. The van der Waals surface area contributed by atoms with Crippen molar-refractivity contribution in [1.82, 2.24) is 0 Å². The number of hydrogen-bond acceptors (Lipinski definition) is 3. The van der Waals surface area contributed by atoms with Gasteiger partial charge in [-0.2, -0.15) is 0 Å². The molecule has 1 heterocycles. The number of thiophene rings is 1. The van der Waals surface area contributed by atoms with Crippen LogP contribution in [-0.2, 0) is 15.6 Å². The predicted molar refractivity (Wildman–Crippen MR) is 177 cm³/mol. The molecular formula is C38H36F2O3S. The van der Waals surface area contributed by atoms with Gasteiger partial charge in [0, 0.05) is 43.0 Å². The summed E-state index contributed by atoms with van der Waals surface area (Å²) < 4.78 is 34.6. The van der Waals surface area contributed by atoms with Gasteiger partial charge in [-0.1, -0.05) is 107 Å². The van der Waals surface area contributed by atoms with Gasteiger partial charge in [-0.15, -0.1) is 11.3 Å². The molecule has 0 unspecified atom stereocenters. The normalized spacial score (nSPS) is 12.6. The van der Waals surface area contributed by atoms with Gasteiger partial charge in [0.1, 0.15) is 12.4 Å². The zero-order valence-electron chi connectivity index (χ0n) is 25.5. The summed E-state index contributed by atoms with van der Waals surface area (Å²) >= 11 is 1.50. The van der Waals surface area contributed by atoms with Gasteiger partial charge in [-0.25, -0.2) is 13.6 Å². The van der Waals surface area contributed by atoms with Gasteiger partial charge < -0.3 is 9.84 Å². The SMILES string of the molecule is CC(=CC(=O)O)c1cc2c(-c3cc(C(C)(C)c4ccccc4)cc(C(C)(C)c4ccccc4)c3OCC(F)F)cccc2s1. The summed E-state index contributed by atoms with van der Waals surface area (Å²) in [4.78, 5) is 12.2. The minimum atomic E-state index is -2.65. The summed E-state index contributed by atoms with van der Waals surface area (Å²) in [6.07, 6.45) is -1.45. The molecule has 4 aromatic carbocycles. The number of carboxylic acids is 1. The average Bonchev–Trinajstić information content (AvgIpc) is 3.45. The zero-order valence-corrected chi connectivity index (χ0v) is 26.3. The maximum Gasteiger partial charge on any atom is 0.328 e. The Labute approximate surface area is 261 Å². The number of fused-ring (bicyclic) bond motifs is 1. The first-order valence-corrected chi connectivity index (χ1v) is 15.4. The quantitative estimate of drug-likeness (QED) is 0.160. The maximum atomic E-state index is 13.8. The Morgan fingerprint density at radius 3 is 2.02 bits per heavy atom. The Morgan fingerprint density at radius 2 is 1.43 bits per heavy atom. The first-order chi connectivity index (χ1) is 20.9. The second-order valence-electron chi connectivity index (χ2n) is 12.1. The van der Waals surface area contributed by atoms with Crippen LogP contribution in [0.3, 0.4) is 0 Å². The first-order valence-electron chi connectivity index (χ1n) is 14.5. The third-order valence-electron chi connectivity index (χ3n) is 8.41. The van der Waals surface area contributed by atoms with Crippen molar-refractivity contribution in [2.45, 2.75) is 51.9 Å². The minimum absolute atomic E-state index is 0.421. The van der Waals surface area contributed by atoms with Gasteiger partial charge in [0.2, 0.25) is 0 Å². The molecule has 0 saturated heterocycles. The van der Waals surface area contributed by atoms with Crippen LogP contribution in [0.1, 0.15) is 61.7 Å². The molecule has 0 spiro atoms. The van der Waals surface area contributed by atoms with Crippen LogP contribution < -0.4 is 4.74 Å². The van der Waals surface area contributed by atoms with Crippen LogP contribution >= 0.6 is 11.3 Å². The molecule has 0 saturated carbocycles. The second kappa shape index (κ2) is 12.4. The van der Waals surface area contributed by atoms with Crippen molar-refractivity contribution in [2.24, 2.45) is 0 Å². The molecule has 6 heteroatoms. The minimum Gasteiger partial charge on any atom is -0.487 e. The van der Waals surface area contributed by atoms with Gasteiger partial charge in [-0.05, 0) is 52.9 Å². The van der Waals surface area contributed by atoms with Crippen molar-refractivity contribution >= 4 is 33.0 Å². The Balaban J connectivity index is 1.86. The van der Waals surface area contributed by atoms with Crippen LogP contribution in [0.4, 0.5) is 8.78 Å². The van der Waals surface area contributed by atoms with Crippen molar-refractivity contribution in [2.75, 3.05) is 6.61 Å². The van der Waals surface area contributed by atoms with E-state index in [2.05, 4.69) is 64.1 Å². The smallest absolute Gasteiger partial charge is 0.328 e. The van der Waals surface area contributed by atoms with Crippen LogP contribution in [0.15, 0.2) is 103 Å². The maximum absolute atomic E-state index is 13.8. The van der Waals surface area contributed by atoms with E-state index in [4.69, 9.17) is 4.74 Å². The Morgan fingerprint density at radius 1 is 0.818 bits per heavy atom. The summed E-state index contributed by atoms with van der Waals surface area (Å²) in [6, 6.07) is 32.4. The Kier molecular flexibility index (Phi) is 8.76. The van der Waals surface area contributed by atoms with Crippen molar-refractivity contribution in [1.29, 1.82) is 0 Å². The molecule has 226 valence electrons. The Hall–Kier alpha value is -4.29. The molecule has 0 radical (unpaired) electrons. The van der Waals surface area contributed by atoms with Gasteiger partial charge in [0.05, 0.1) is 0 Å². The summed E-state index contributed by atoms with van der Waals surface area (Å²) in [5.74, 6) is -0.587. The number of benzene rings is 4. The van der Waals surface area contributed by atoms with Gasteiger partial charge in [-0.3, -0.25) is 0 Å². The van der Waals surface area contributed by atoms with Crippen LogP contribution in [0.2, 0.25) is 0 Å². The molecule has 0 bridgehead atoms. The molecule has 0 aliphatic carbocycles. The van der Waals surface area contributed by atoms with E-state index >= 15 is 0 Å². The fourth-order valence-corrected chi connectivity index (χ4v) is 6.79. The van der Waals surface area contributed by atoms with Gasteiger partial charge in [0.15, 0.2) is 0 Å². The number of alkyl halides is 2. The van der Waals surface area contributed by atoms with Crippen LogP contribution in [-0.4, -0.2) is 24.1 Å². The zero-order chi connectivity index (χ0) is 31.6. The second-order valence-corrected chi connectivity index (χ2v) is 13.2. The van der Waals surface area contributed by atoms with E-state index in [1.807, 2.05) is 60.7 Å². The molecule has 0 amide bonds. The monoisotopic (exact) mass is 610 g/mol. The van der Waals surface area contributed by atoms with E-state index in [9.17, 15) is 18.7 Å². The summed E-state index contributed by atoms with van der Waals surface area (Å²) in [5.41, 5.74) is 5.19. The first kappa shape index (κ1) is 31.1. The molecule has 0 fully saturated rings. The van der Waals surface area contributed by atoms with E-state index in [0.29, 0.717) is 11.3 Å². The average molecular weight is 611 g/mol. The van der Waals surface area contributed by atoms with Crippen molar-refractivity contribution in [3.63, 3.8) is 0 Å². The summed E-state index contributed by atoms with van der Waals surface area (Å²) in [6.45, 7) is 9.57. The van der Waals surface area contributed by atoms with Crippen LogP contribution in [0.25, 0.3) is 26.8 Å². The fourth-order valence-electron chi connectivity index (χ4n) is 5.73. The molecule has 0 atom stereocenters. The number of carbonyl (C=O) groups is 1. The molecule has 0 aliphatic rings. The number of hydrogen-bond donors (Lipinski definition) is 1. The third kappa shape index (κ3) is 6.18. The van der Waals surface area contributed by atoms with Crippen molar-refractivity contribution < 1.29 is 23.4 Å². The van der Waals surface area contributed by atoms with Crippen LogP contribution in [0.5, 0.6) is 5.75 Å². The van der Waals surface area contributed by atoms with E-state index in [1.54, 1.807) is 6.92 Å². The third-order valence-corrected chi connectivity index (χ3v) is 9.64. The highest BCUT2D eigenvalue weighted by Crippen LogP contribution is 2.48. The van der Waals surface area contributed by atoms with E-state index < -0.39 is 29.8 Å². The molecule has 1 N–H and O–H groups in total. The number of ether oxygens (including phenoxy) is 1. The molecule has 1 aromatic heterocycles. The Bertz CT molecular complexity index is 1820. The lowest BCUT2D eigenvalue weighted by Crippen LogP contribution is -2.25. The van der Waals surface area contributed by atoms with E-state index in [1.165, 1.54) is 17.4 Å². The molecule has 3 nitrogen and oxygen atoms in total. The highest BCUT2D eigenvalue weighted by molar-refractivity contribution is 7.20. The number of halogens is 2. The number of rotatable bonds is 10. The van der Waals surface area contributed by atoms with Gasteiger partial charge in [0.25, 0.3) is 6.43 Å². The topological polar surface area (TPSA) is 46.5 Å². The fraction of sp³-hybridized carbons (Fsp3) is 0.237. The largest absolute Gasteiger partial charge is 0.487 e. The summed E-state index contributed by atoms with van der Waals surface area (Å²) in [5, 5.41) is 10.3. The standard InChI is InChI=1S/C38H36F2O3S/c1-24(19-35(41)42)33-22-29-28(17-12-18-32(29)44-33)30-20-27(37(2,3)25-13-8-6-9-14-25)21-31(36(30)43-23-34(39)40)38(4,5)26-15-10-7-11-16-26/h6-22,34H,23H2,1-5H3,(H,41,42). The van der Waals surface area contributed by atoms with Crippen molar-refractivity contribution in [3.8, 4) is 16.9 Å². The predicted octanol–water partition coefficient (Wildman–Crippen LogP) is 10.4.